The van der Waals surface area contributed by atoms with Crippen molar-refractivity contribution >= 4 is 26.6 Å². The van der Waals surface area contributed by atoms with Gasteiger partial charge in [-0.3, -0.25) is 9.69 Å². The van der Waals surface area contributed by atoms with Gasteiger partial charge in [0, 0.05) is 41.4 Å². The summed E-state index contributed by atoms with van der Waals surface area (Å²) < 4.78 is 117. The SMILES string of the molecule is COc1cc2nc(-c3cccc(C(F)(F)F)c3)c(CN3CCC(N4CCCCC4)CC3)c(C(=O)NC(c3ccccc3)C(F)(F)F)c2cc1S(C)(=O)=O. The van der Waals surface area contributed by atoms with Gasteiger partial charge in [-0.1, -0.05) is 48.9 Å². The molecule has 1 unspecified atom stereocenters. The topological polar surface area (TPSA) is 91.8 Å². The second-order valence-electron chi connectivity index (χ2n) is 13.6. The summed E-state index contributed by atoms with van der Waals surface area (Å²) in [5, 5.41) is 2.04. The zero-order valence-electron chi connectivity index (χ0n) is 29.2. The van der Waals surface area contributed by atoms with E-state index in [1.54, 1.807) is 0 Å². The van der Waals surface area contributed by atoms with Gasteiger partial charge in [0.05, 0.1) is 29.4 Å². The third kappa shape index (κ3) is 8.62. The summed E-state index contributed by atoms with van der Waals surface area (Å²) in [6.45, 7) is 3.05. The standard InChI is InChI=1S/C38H40F6N4O4S/c1-52-31-22-30-28(21-32(31)53(2,50)51)33(36(49)46-35(38(42,43)44)24-10-5-3-6-11-24)29(34(45-30)25-12-9-13-26(20-25)37(39,40)41)23-47-18-14-27(15-19-47)48-16-7-4-8-17-48/h3,5-6,9-13,20-22,27,35H,4,7-8,14-19,23H2,1-2H3,(H,46,49). The van der Waals surface area contributed by atoms with Crippen molar-refractivity contribution in [2.75, 3.05) is 39.5 Å². The highest BCUT2D eigenvalue weighted by Crippen LogP contribution is 2.40. The second-order valence-corrected chi connectivity index (χ2v) is 15.6. The number of alkyl halides is 6. The molecular weight excluding hydrogens is 722 g/mol. The first-order valence-corrected chi connectivity index (χ1v) is 19.2. The van der Waals surface area contributed by atoms with E-state index in [0.29, 0.717) is 19.1 Å². The molecule has 1 aromatic heterocycles. The lowest BCUT2D eigenvalue weighted by Gasteiger charge is -2.40. The molecular formula is C38H40F6N4O4S. The summed E-state index contributed by atoms with van der Waals surface area (Å²) in [5.41, 5.74) is -1.60. The van der Waals surface area contributed by atoms with Crippen molar-refractivity contribution in [1.29, 1.82) is 0 Å². The molecule has 0 radical (unpaired) electrons. The predicted molar refractivity (Wildman–Crippen MR) is 188 cm³/mol. The van der Waals surface area contributed by atoms with E-state index in [1.165, 1.54) is 62.1 Å². The van der Waals surface area contributed by atoms with Crippen molar-refractivity contribution in [3.8, 4) is 17.0 Å². The number of aromatic nitrogens is 1. The first-order chi connectivity index (χ1) is 25.0. The third-order valence-corrected chi connectivity index (χ3v) is 11.2. The number of hydrogen-bond donors (Lipinski definition) is 1. The Bertz CT molecular complexity index is 2060. The van der Waals surface area contributed by atoms with Crippen molar-refractivity contribution in [1.82, 2.24) is 20.1 Å². The monoisotopic (exact) mass is 762 g/mol. The highest BCUT2D eigenvalue weighted by Gasteiger charge is 2.43. The molecule has 1 N–H and O–H groups in total. The van der Waals surface area contributed by atoms with E-state index < -0.39 is 39.7 Å². The predicted octanol–water partition coefficient (Wildman–Crippen LogP) is 7.82. The van der Waals surface area contributed by atoms with Crippen molar-refractivity contribution in [3.63, 3.8) is 0 Å². The van der Waals surface area contributed by atoms with Crippen LogP contribution in [0.2, 0.25) is 0 Å². The number of ether oxygens (including phenoxy) is 1. The van der Waals surface area contributed by atoms with E-state index >= 15 is 0 Å². The van der Waals surface area contributed by atoms with Gasteiger partial charge < -0.3 is 15.0 Å². The number of methoxy groups -OCH3 is 1. The van der Waals surface area contributed by atoms with Crippen LogP contribution in [0.5, 0.6) is 5.75 Å². The van der Waals surface area contributed by atoms with Gasteiger partial charge in [-0.25, -0.2) is 13.4 Å². The molecule has 2 aliphatic rings. The van der Waals surface area contributed by atoms with Crippen LogP contribution in [-0.2, 0) is 22.6 Å². The Balaban J connectivity index is 1.56. The molecule has 53 heavy (non-hydrogen) atoms. The molecule has 8 nitrogen and oxygen atoms in total. The van der Waals surface area contributed by atoms with Crippen LogP contribution < -0.4 is 10.1 Å². The number of benzene rings is 3. The molecule has 2 aliphatic heterocycles. The Kier molecular flexibility index (Phi) is 11.1. The van der Waals surface area contributed by atoms with Crippen LogP contribution >= 0.6 is 0 Å². The van der Waals surface area contributed by atoms with Crippen LogP contribution in [0.25, 0.3) is 22.2 Å². The molecule has 0 aliphatic carbocycles. The van der Waals surface area contributed by atoms with Crippen molar-refractivity contribution in [2.45, 2.75) is 68.0 Å². The summed E-state index contributed by atoms with van der Waals surface area (Å²) in [6, 6.07) is 11.4. The summed E-state index contributed by atoms with van der Waals surface area (Å²) in [6.07, 6.45) is -3.78. The van der Waals surface area contributed by atoms with E-state index in [9.17, 15) is 39.6 Å². The van der Waals surface area contributed by atoms with Crippen molar-refractivity contribution < 1.29 is 44.3 Å². The van der Waals surface area contributed by atoms with Crippen LogP contribution in [-0.4, -0.2) is 80.9 Å². The number of rotatable bonds is 9. The average molecular weight is 763 g/mol. The van der Waals surface area contributed by atoms with Gasteiger partial charge in [0.15, 0.2) is 15.9 Å². The van der Waals surface area contributed by atoms with Crippen molar-refractivity contribution in [3.05, 3.63) is 89.0 Å². The number of piperidine rings is 2. The second kappa shape index (κ2) is 15.3. The number of sulfone groups is 1. The molecule has 284 valence electrons. The molecule has 0 bridgehead atoms. The van der Waals surface area contributed by atoms with E-state index in [2.05, 4.69) is 10.2 Å². The lowest BCUT2D eigenvalue weighted by molar-refractivity contribution is -0.155. The zero-order valence-corrected chi connectivity index (χ0v) is 30.0. The molecule has 6 rings (SSSR count). The number of pyridine rings is 1. The maximum Gasteiger partial charge on any atom is 0.416 e. The lowest BCUT2D eigenvalue weighted by atomic mass is 9.93. The fraction of sp³-hybridized carbons (Fsp3) is 0.421. The Morgan fingerprint density at radius 2 is 1.60 bits per heavy atom. The minimum absolute atomic E-state index is 0.0180. The summed E-state index contributed by atoms with van der Waals surface area (Å²) >= 11 is 0. The summed E-state index contributed by atoms with van der Waals surface area (Å²) in [4.78, 5) is 23.4. The average Bonchev–Trinajstić information content (AvgIpc) is 3.12. The molecule has 0 spiro atoms. The maximum atomic E-state index is 14.6. The number of nitrogens with one attached hydrogen (secondary N) is 1. The number of halogens is 6. The molecule has 3 heterocycles. The van der Waals surface area contributed by atoms with E-state index in [1.807, 2.05) is 4.90 Å². The molecule has 3 aromatic carbocycles. The Morgan fingerprint density at radius 1 is 0.925 bits per heavy atom. The highest BCUT2D eigenvalue weighted by atomic mass is 32.2. The van der Waals surface area contributed by atoms with Crippen LogP contribution in [0, 0.1) is 0 Å². The number of hydrogen-bond acceptors (Lipinski definition) is 7. The fourth-order valence-electron chi connectivity index (χ4n) is 7.41. The van der Waals surface area contributed by atoms with Crippen LogP contribution in [0.4, 0.5) is 26.3 Å². The Morgan fingerprint density at radius 3 is 2.21 bits per heavy atom. The minimum atomic E-state index is -4.94. The third-order valence-electron chi connectivity index (χ3n) is 10.0. The number of likely N-dealkylation sites (tertiary alicyclic amines) is 2. The molecule has 1 amide bonds. The fourth-order valence-corrected chi connectivity index (χ4v) is 8.25. The molecule has 4 aromatic rings. The van der Waals surface area contributed by atoms with Gasteiger partial charge in [-0.15, -0.1) is 0 Å². The van der Waals surface area contributed by atoms with Crippen LogP contribution in [0.15, 0.2) is 71.6 Å². The van der Waals surface area contributed by atoms with Gasteiger partial charge >= 0.3 is 12.4 Å². The smallest absolute Gasteiger partial charge is 0.416 e. The maximum absolute atomic E-state index is 14.6. The highest BCUT2D eigenvalue weighted by molar-refractivity contribution is 7.90. The van der Waals surface area contributed by atoms with Crippen LogP contribution in [0.1, 0.15) is 65.2 Å². The minimum Gasteiger partial charge on any atom is -0.495 e. The first-order valence-electron chi connectivity index (χ1n) is 17.4. The van der Waals surface area contributed by atoms with E-state index in [4.69, 9.17) is 9.72 Å². The Hall–Kier alpha value is -4.21. The van der Waals surface area contributed by atoms with Gasteiger partial charge in [-0.05, 0) is 75.6 Å². The molecule has 1 atom stereocenters. The molecule has 0 saturated carbocycles. The molecule has 2 fully saturated rings. The van der Waals surface area contributed by atoms with Gasteiger partial charge in [0.1, 0.15) is 10.6 Å². The summed E-state index contributed by atoms with van der Waals surface area (Å²) in [7, 11) is -2.80. The van der Waals surface area contributed by atoms with E-state index in [-0.39, 0.29) is 56.0 Å². The normalized spacial score (nSPS) is 17.5. The van der Waals surface area contributed by atoms with Crippen molar-refractivity contribution in [2.24, 2.45) is 0 Å². The molecule has 15 heteroatoms. The number of nitrogens with zero attached hydrogens (tertiary/aromatic N) is 3. The molecule has 2 saturated heterocycles. The lowest BCUT2D eigenvalue weighted by Crippen LogP contribution is -2.46. The quantitative estimate of drug-likeness (QED) is 0.174. The number of carbonyl (C=O) groups excluding carboxylic acids is 1. The number of amides is 1. The zero-order chi connectivity index (χ0) is 38.1. The summed E-state index contributed by atoms with van der Waals surface area (Å²) in [5.74, 6) is -1.35. The van der Waals surface area contributed by atoms with Crippen LogP contribution in [0.3, 0.4) is 0 Å². The van der Waals surface area contributed by atoms with E-state index in [0.717, 1.165) is 63.2 Å². The number of carbonyl (C=O) groups is 1. The number of fused-ring (bicyclic) bond motifs is 1. The largest absolute Gasteiger partial charge is 0.495 e. The van der Waals surface area contributed by atoms with Gasteiger partial charge in [0.2, 0.25) is 0 Å². The Labute approximate surface area is 304 Å². The van der Waals surface area contributed by atoms with Gasteiger partial charge in [-0.2, -0.15) is 26.3 Å². The van der Waals surface area contributed by atoms with Gasteiger partial charge in [0.25, 0.3) is 5.91 Å². The first kappa shape index (κ1) is 38.5.